The lowest BCUT2D eigenvalue weighted by Gasteiger charge is -2.31. The van der Waals surface area contributed by atoms with E-state index in [4.69, 9.17) is 9.47 Å². The summed E-state index contributed by atoms with van der Waals surface area (Å²) < 4.78 is 10.4. The van der Waals surface area contributed by atoms with Crippen molar-refractivity contribution >= 4 is 21.8 Å². The minimum absolute atomic E-state index is 0.149. The van der Waals surface area contributed by atoms with E-state index in [1.165, 1.54) is 0 Å². The Morgan fingerprint density at radius 2 is 1.90 bits per heavy atom. The zero-order valence-corrected chi connectivity index (χ0v) is 14.0. The molecule has 20 heavy (non-hydrogen) atoms. The number of carbonyl (C=O) groups is 1. The standard InChI is InChI=1S/C15H22BrNO3/c1-5-15(6-2,10-16)17-14(18)12-9-11(19-3)7-8-13(12)20-4/h7-9H,5-6,10H2,1-4H3,(H,17,18). The first-order valence-electron chi connectivity index (χ1n) is 6.66. The Bertz CT molecular complexity index is 450. The van der Waals surface area contributed by atoms with Gasteiger partial charge in [0.2, 0.25) is 0 Å². The number of nitrogens with one attached hydrogen (secondary N) is 1. The fourth-order valence-corrected chi connectivity index (χ4v) is 2.88. The maximum Gasteiger partial charge on any atom is 0.255 e. The van der Waals surface area contributed by atoms with Crippen molar-refractivity contribution in [2.45, 2.75) is 32.2 Å². The van der Waals surface area contributed by atoms with Gasteiger partial charge in [-0.1, -0.05) is 29.8 Å². The number of methoxy groups -OCH3 is 2. The molecule has 1 rings (SSSR count). The van der Waals surface area contributed by atoms with Crippen LogP contribution in [0, 0.1) is 0 Å². The summed E-state index contributed by atoms with van der Waals surface area (Å²) in [6.45, 7) is 4.13. The van der Waals surface area contributed by atoms with E-state index in [2.05, 4.69) is 35.1 Å². The molecule has 0 spiro atoms. The molecule has 4 nitrogen and oxygen atoms in total. The second-order valence-electron chi connectivity index (χ2n) is 4.64. The zero-order chi connectivity index (χ0) is 15.2. The quantitative estimate of drug-likeness (QED) is 0.772. The Morgan fingerprint density at radius 3 is 2.35 bits per heavy atom. The van der Waals surface area contributed by atoms with Crippen LogP contribution in [0.25, 0.3) is 0 Å². The summed E-state index contributed by atoms with van der Waals surface area (Å²) in [6.07, 6.45) is 1.71. The summed E-state index contributed by atoms with van der Waals surface area (Å²) >= 11 is 3.49. The van der Waals surface area contributed by atoms with Crippen LogP contribution in [-0.4, -0.2) is 31.0 Å². The predicted molar refractivity (Wildman–Crippen MR) is 84.1 cm³/mol. The Balaban J connectivity index is 3.07. The van der Waals surface area contributed by atoms with Crippen molar-refractivity contribution in [3.63, 3.8) is 0 Å². The summed E-state index contributed by atoms with van der Waals surface area (Å²) in [7, 11) is 3.13. The number of benzene rings is 1. The van der Waals surface area contributed by atoms with Gasteiger partial charge in [-0.25, -0.2) is 0 Å². The zero-order valence-electron chi connectivity index (χ0n) is 12.5. The van der Waals surface area contributed by atoms with Crippen molar-refractivity contribution in [2.75, 3.05) is 19.5 Å². The first kappa shape index (κ1) is 16.8. The van der Waals surface area contributed by atoms with E-state index in [1.54, 1.807) is 32.4 Å². The van der Waals surface area contributed by atoms with Gasteiger partial charge in [0.1, 0.15) is 11.5 Å². The molecule has 0 aliphatic heterocycles. The second-order valence-corrected chi connectivity index (χ2v) is 5.20. The number of ether oxygens (including phenoxy) is 2. The highest BCUT2D eigenvalue weighted by Gasteiger charge is 2.28. The van der Waals surface area contributed by atoms with Gasteiger partial charge in [0.25, 0.3) is 5.91 Å². The molecular formula is C15H22BrNO3. The van der Waals surface area contributed by atoms with Crippen LogP contribution >= 0.6 is 15.9 Å². The van der Waals surface area contributed by atoms with Gasteiger partial charge >= 0.3 is 0 Å². The Hall–Kier alpha value is -1.23. The van der Waals surface area contributed by atoms with Crippen molar-refractivity contribution in [1.82, 2.24) is 5.32 Å². The van der Waals surface area contributed by atoms with Gasteiger partial charge in [0.15, 0.2) is 0 Å². The van der Waals surface area contributed by atoms with E-state index in [9.17, 15) is 4.79 Å². The van der Waals surface area contributed by atoms with Crippen LogP contribution in [-0.2, 0) is 0 Å². The minimum Gasteiger partial charge on any atom is -0.497 e. The Morgan fingerprint density at radius 1 is 1.25 bits per heavy atom. The predicted octanol–water partition coefficient (Wildman–Crippen LogP) is 3.39. The molecule has 0 heterocycles. The summed E-state index contributed by atoms with van der Waals surface area (Å²) in [6, 6.07) is 5.20. The molecule has 0 unspecified atom stereocenters. The van der Waals surface area contributed by atoms with Crippen LogP contribution < -0.4 is 14.8 Å². The van der Waals surface area contributed by atoms with E-state index >= 15 is 0 Å². The molecule has 0 saturated heterocycles. The Kier molecular flexibility index (Phi) is 6.33. The van der Waals surface area contributed by atoms with Crippen LogP contribution in [0.3, 0.4) is 0 Å². The van der Waals surface area contributed by atoms with Crippen molar-refractivity contribution in [3.05, 3.63) is 23.8 Å². The molecule has 0 aliphatic carbocycles. The number of hydrogen-bond donors (Lipinski definition) is 1. The number of hydrogen-bond acceptors (Lipinski definition) is 3. The molecule has 0 fully saturated rings. The van der Waals surface area contributed by atoms with Gasteiger partial charge in [0, 0.05) is 10.9 Å². The average Bonchev–Trinajstić information content (AvgIpc) is 2.51. The smallest absolute Gasteiger partial charge is 0.255 e. The minimum atomic E-state index is -0.245. The van der Waals surface area contributed by atoms with E-state index < -0.39 is 0 Å². The fraction of sp³-hybridized carbons (Fsp3) is 0.533. The lowest BCUT2D eigenvalue weighted by Crippen LogP contribution is -2.49. The van der Waals surface area contributed by atoms with Crippen molar-refractivity contribution in [2.24, 2.45) is 0 Å². The summed E-state index contributed by atoms with van der Waals surface area (Å²) in [5.74, 6) is 1.02. The molecule has 1 aromatic rings. The van der Waals surface area contributed by atoms with E-state index in [0.29, 0.717) is 22.4 Å². The normalized spacial score (nSPS) is 11.1. The van der Waals surface area contributed by atoms with E-state index in [-0.39, 0.29) is 11.4 Å². The van der Waals surface area contributed by atoms with Gasteiger partial charge in [-0.2, -0.15) is 0 Å². The summed E-state index contributed by atoms with van der Waals surface area (Å²) in [4.78, 5) is 12.5. The van der Waals surface area contributed by atoms with Crippen molar-refractivity contribution in [3.8, 4) is 11.5 Å². The number of rotatable bonds is 7. The molecule has 5 heteroatoms. The lowest BCUT2D eigenvalue weighted by atomic mass is 9.95. The van der Waals surface area contributed by atoms with Crippen LogP contribution in [0.15, 0.2) is 18.2 Å². The first-order valence-corrected chi connectivity index (χ1v) is 7.78. The molecule has 0 aliphatic rings. The molecule has 0 radical (unpaired) electrons. The van der Waals surface area contributed by atoms with Gasteiger partial charge in [-0.3, -0.25) is 4.79 Å². The lowest BCUT2D eigenvalue weighted by molar-refractivity contribution is 0.0900. The third-order valence-electron chi connectivity index (χ3n) is 3.64. The third kappa shape index (κ3) is 3.66. The van der Waals surface area contributed by atoms with Crippen LogP contribution in [0.1, 0.15) is 37.0 Å². The number of carbonyl (C=O) groups excluding carboxylic acids is 1. The highest BCUT2D eigenvalue weighted by atomic mass is 79.9. The maximum absolute atomic E-state index is 12.5. The van der Waals surface area contributed by atoms with E-state index in [0.717, 1.165) is 12.8 Å². The topological polar surface area (TPSA) is 47.6 Å². The molecule has 0 saturated carbocycles. The average molecular weight is 344 g/mol. The highest BCUT2D eigenvalue weighted by Crippen LogP contribution is 2.26. The molecule has 1 N–H and O–H groups in total. The second kappa shape index (κ2) is 7.53. The Labute approximate surface area is 129 Å². The summed E-state index contributed by atoms with van der Waals surface area (Å²) in [5.41, 5.74) is 0.240. The monoisotopic (exact) mass is 343 g/mol. The molecule has 112 valence electrons. The van der Waals surface area contributed by atoms with E-state index in [1.807, 2.05) is 0 Å². The molecule has 0 atom stereocenters. The van der Waals surface area contributed by atoms with Crippen LogP contribution in [0.2, 0.25) is 0 Å². The largest absolute Gasteiger partial charge is 0.497 e. The van der Waals surface area contributed by atoms with Crippen LogP contribution in [0.4, 0.5) is 0 Å². The first-order chi connectivity index (χ1) is 9.55. The SMILES string of the molecule is CCC(CC)(CBr)NC(=O)c1cc(OC)ccc1OC. The van der Waals surface area contributed by atoms with Gasteiger partial charge in [-0.05, 0) is 31.0 Å². The molecule has 0 bridgehead atoms. The molecule has 1 amide bonds. The van der Waals surface area contributed by atoms with Gasteiger partial charge in [0.05, 0.1) is 19.8 Å². The number of alkyl halides is 1. The van der Waals surface area contributed by atoms with Crippen molar-refractivity contribution < 1.29 is 14.3 Å². The molecular weight excluding hydrogens is 322 g/mol. The van der Waals surface area contributed by atoms with Gasteiger partial charge < -0.3 is 14.8 Å². The molecule has 0 aromatic heterocycles. The molecule has 1 aromatic carbocycles. The van der Waals surface area contributed by atoms with Gasteiger partial charge in [-0.15, -0.1) is 0 Å². The number of amides is 1. The van der Waals surface area contributed by atoms with Crippen molar-refractivity contribution in [1.29, 1.82) is 0 Å². The third-order valence-corrected chi connectivity index (χ3v) is 4.71. The highest BCUT2D eigenvalue weighted by molar-refractivity contribution is 9.09. The fourth-order valence-electron chi connectivity index (χ4n) is 1.95. The summed E-state index contributed by atoms with van der Waals surface area (Å²) in [5, 5.41) is 3.81. The maximum atomic E-state index is 12.5. The number of halogens is 1. The van der Waals surface area contributed by atoms with Crippen LogP contribution in [0.5, 0.6) is 11.5 Å².